The molecule has 0 saturated heterocycles. The number of rotatable bonds is 11. The molecule has 3 heterocycles. The number of H-pyrrole nitrogens is 1. The van der Waals surface area contributed by atoms with Crippen molar-refractivity contribution in [3.63, 3.8) is 0 Å². The molecule has 6 N–H and O–H groups in total. The smallest absolute Gasteiger partial charge is 0.151 e. The Bertz CT molecular complexity index is 1350. The minimum atomic E-state index is -0.936. The highest BCUT2D eigenvalue weighted by atomic mass is 79.9. The van der Waals surface area contributed by atoms with E-state index in [1.54, 1.807) is 0 Å². The Hall–Kier alpha value is -3.06. The summed E-state index contributed by atoms with van der Waals surface area (Å²) in [5.41, 5.74) is 8.64. The molecule has 0 spiro atoms. The van der Waals surface area contributed by atoms with Crippen molar-refractivity contribution in [2.75, 3.05) is 36.8 Å². The second-order valence-corrected chi connectivity index (χ2v) is 10.5. The van der Waals surface area contributed by atoms with Crippen LogP contribution >= 0.6 is 15.9 Å². The Morgan fingerprint density at radius 2 is 1.97 bits per heavy atom. The molecule has 4 aromatic rings. The molecule has 0 radical (unpaired) electrons. The fraction of sp³-hybridized carbons (Fsp3) is 0.423. The first kappa shape index (κ1) is 26.5. The number of aromatic amines is 1. The van der Waals surface area contributed by atoms with Gasteiger partial charge in [-0.2, -0.15) is 5.10 Å². The summed E-state index contributed by atoms with van der Waals surface area (Å²) in [5.74, 6) is -0.000680. The van der Waals surface area contributed by atoms with Crippen LogP contribution < -0.4 is 16.0 Å². The van der Waals surface area contributed by atoms with Crippen LogP contribution in [0.2, 0.25) is 0 Å². The number of halogens is 2. The Morgan fingerprint density at radius 3 is 2.74 bits per heavy atom. The van der Waals surface area contributed by atoms with Gasteiger partial charge in [0.15, 0.2) is 4.60 Å². The van der Waals surface area contributed by atoms with E-state index < -0.39 is 12.2 Å². The summed E-state index contributed by atoms with van der Waals surface area (Å²) in [7, 11) is 0. The molecular weight excluding hydrogens is 555 g/mol. The lowest BCUT2D eigenvalue weighted by Gasteiger charge is -2.28. The monoisotopic (exact) mass is 586 g/mol. The summed E-state index contributed by atoms with van der Waals surface area (Å²) in [6.45, 7) is 2.90. The maximum Gasteiger partial charge on any atom is 0.151 e. The number of hydrogen-bond acceptors (Lipinski definition) is 8. The van der Waals surface area contributed by atoms with Gasteiger partial charge in [-0.05, 0) is 72.0 Å². The average molecular weight is 587 g/mol. The SMILES string of the molecule is Nc1ncnc2c1ccn2[C@@H]1C[C@H](CN(CCCNCCc2ccc(F)cc2)c2c[nH]nc2Br)[C@@H](O)[C@H]1O. The van der Waals surface area contributed by atoms with E-state index in [9.17, 15) is 14.6 Å². The Morgan fingerprint density at radius 1 is 1.16 bits per heavy atom. The first-order valence-electron chi connectivity index (χ1n) is 12.7. The van der Waals surface area contributed by atoms with Gasteiger partial charge in [0.2, 0.25) is 0 Å². The lowest BCUT2D eigenvalue weighted by atomic mass is 10.0. The predicted octanol–water partition coefficient (Wildman–Crippen LogP) is 2.65. The molecule has 38 heavy (non-hydrogen) atoms. The number of aliphatic hydroxyl groups excluding tert-OH is 2. The predicted molar refractivity (Wildman–Crippen MR) is 147 cm³/mol. The molecule has 3 aromatic heterocycles. The molecule has 1 aromatic carbocycles. The van der Waals surface area contributed by atoms with Gasteiger partial charge in [-0.15, -0.1) is 0 Å². The number of nitrogens with zero attached hydrogens (tertiary/aromatic N) is 5. The van der Waals surface area contributed by atoms with Crippen LogP contribution in [-0.4, -0.2) is 73.3 Å². The fourth-order valence-electron chi connectivity index (χ4n) is 5.30. The standard InChI is InChI=1S/C26H32BrFN8O2/c27-24-21(13-33-34-24)35(10-1-8-30-9-6-16-2-4-18(28)5-3-16)14-17-12-20(23(38)22(17)37)36-11-7-19-25(29)31-15-32-26(19)36/h2-5,7,11,13,15,17,20,22-23,30,37-38H,1,6,8-10,12,14H2,(H,33,34)(H2,29,31,32)/t17-,20-,22-,23+/m1/s1. The maximum absolute atomic E-state index is 13.1. The van der Waals surface area contributed by atoms with Crippen LogP contribution in [-0.2, 0) is 6.42 Å². The number of nitrogens with one attached hydrogen (secondary N) is 2. The summed E-state index contributed by atoms with van der Waals surface area (Å²) in [4.78, 5) is 10.6. The van der Waals surface area contributed by atoms with Crippen LogP contribution in [0.15, 0.2) is 53.7 Å². The van der Waals surface area contributed by atoms with E-state index in [4.69, 9.17) is 5.73 Å². The van der Waals surface area contributed by atoms with Crippen LogP contribution in [0.4, 0.5) is 15.9 Å². The Kier molecular flexibility index (Phi) is 8.22. The van der Waals surface area contributed by atoms with Gasteiger partial charge in [-0.25, -0.2) is 14.4 Å². The van der Waals surface area contributed by atoms with Gasteiger partial charge < -0.3 is 30.7 Å². The Labute approximate surface area is 228 Å². The van der Waals surface area contributed by atoms with Crippen molar-refractivity contribution in [3.05, 3.63) is 65.0 Å². The summed E-state index contributed by atoms with van der Waals surface area (Å²) in [6.07, 6.45) is 5.55. The van der Waals surface area contributed by atoms with E-state index in [0.717, 1.165) is 49.1 Å². The number of aliphatic hydroxyl groups is 2. The summed E-state index contributed by atoms with van der Waals surface area (Å²) < 4.78 is 15.7. The second kappa shape index (κ2) is 11.8. The molecule has 0 bridgehead atoms. The number of nitrogen functional groups attached to an aromatic ring is 1. The lowest BCUT2D eigenvalue weighted by Crippen LogP contribution is -2.37. The van der Waals surface area contributed by atoms with Gasteiger partial charge in [0, 0.05) is 31.4 Å². The minimum Gasteiger partial charge on any atom is -0.390 e. The van der Waals surface area contributed by atoms with Gasteiger partial charge in [0.05, 0.1) is 23.2 Å². The quantitative estimate of drug-likeness (QED) is 0.169. The summed E-state index contributed by atoms with van der Waals surface area (Å²) >= 11 is 3.52. The molecule has 1 fully saturated rings. The van der Waals surface area contributed by atoms with Crippen molar-refractivity contribution >= 4 is 38.5 Å². The van der Waals surface area contributed by atoms with E-state index >= 15 is 0 Å². The number of benzene rings is 1. The van der Waals surface area contributed by atoms with Gasteiger partial charge in [-0.3, -0.25) is 5.10 Å². The third-order valence-electron chi connectivity index (χ3n) is 7.32. The molecule has 5 rings (SSSR count). The lowest BCUT2D eigenvalue weighted by molar-refractivity contribution is 0.00792. The van der Waals surface area contributed by atoms with Gasteiger partial charge in [0.1, 0.15) is 29.7 Å². The van der Waals surface area contributed by atoms with Crippen molar-refractivity contribution in [2.45, 2.75) is 37.5 Å². The molecule has 202 valence electrons. The van der Waals surface area contributed by atoms with Gasteiger partial charge in [-0.1, -0.05) is 12.1 Å². The Balaban J connectivity index is 1.20. The van der Waals surface area contributed by atoms with Crippen LogP contribution in [0.3, 0.4) is 0 Å². The summed E-state index contributed by atoms with van der Waals surface area (Å²) in [5, 5.41) is 33.3. The average Bonchev–Trinajstić information content (AvgIpc) is 3.61. The maximum atomic E-state index is 13.1. The highest BCUT2D eigenvalue weighted by Gasteiger charge is 2.43. The number of nitrogens with two attached hydrogens (primary N) is 1. The van der Waals surface area contributed by atoms with Crippen molar-refractivity contribution < 1.29 is 14.6 Å². The normalized spacial score (nSPS) is 21.4. The van der Waals surface area contributed by atoms with Gasteiger partial charge >= 0.3 is 0 Å². The molecule has 4 atom stereocenters. The largest absolute Gasteiger partial charge is 0.390 e. The van der Waals surface area contributed by atoms with Crippen molar-refractivity contribution in [3.8, 4) is 0 Å². The zero-order valence-electron chi connectivity index (χ0n) is 20.8. The minimum absolute atomic E-state index is 0.167. The zero-order chi connectivity index (χ0) is 26.6. The van der Waals surface area contributed by atoms with E-state index in [2.05, 4.69) is 46.3 Å². The zero-order valence-corrected chi connectivity index (χ0v) is 22.4. The van der Waals surface area contributed by atoms with E-state index in [-0.39, 0.29) is 17.8 Å². The van der Waals surface area contributed by atoms with Crippen molar-refractivity contribution in [1.82, 2.24) is 30.0 Å². The molecule has 0 aliphatic heterocycles. The molecular formula is C26H32BrFN8O2. The summed E-state index contributed by atoms with van der Waals surface area (Å²) in [6, 6.07) is 8.09. The van der Waals surface area contributed by atoms with Crippen molar-refractivity contribution in [1.29, 1.82) is 0 Å². The molecule has 12 heteroatoms. The third kappa shape index (κ3) is 5.68. The van der Waals surface area contributed by atoms with E-state index in [1.165, 1.54) is 18.5 Å². The first-order valence-corrected chi connectivity index (χ1v) is 13.5. The van der Waals surface area contributed by atoms with Crippen molar-refractivity contribution in [2.24, 2.45) is 5.92 Å². The molecule has 0 amide bonds. The van der Waals surface area contributed by atoms with E-state index in [1.807, 2.05) is 35.2 Å². The second-order valence-electron chi connectivity index (χ2n) is 9.75. The van der Waals surface area contributed by atoms with Gasteiger partial charge in [0.25, 0.3) is 0 Å². The molecule has 1 saturated carbocycles. The fourth-order valence-corrected chi connectivity index (χ4v) is 5.77. The highest BCUT2D eigenvalue weighted by molar-refractivity contribution is 9.10. The topological polar surface area (TPSA) is 141 Å². The molecule has 1 aliphatic carbocycles. The number of anilines is 2. The van der Waals surface area contributed by atoms with Crippen LogP contribution in [0.25, 0.3) is 11.0 Å². The van der Waals surface area contributed by atoms with E-state index in [0.29, 0.717) is 29.0 Å². The van der Waals surface area contributed by atoms with Crippen LogP contribution in [0.5, 0.6) is 0 Å². The van der Waals surface area contributed by atoms with Crippen LogP contribution in [0.1, 0.15) is 24.4 Å². The first-order chi connectivity index (χ1) is 18.4. The third-order valence-corrected chi connectivity index (χ3v) is 7.91. The van der Waals surface area contributed by atoms with Crippen LogP contribution in [0, 0.1) is 11.7 Å². The number of fused-ring (bicyclic) bond motifs is 1. The molecule has 1 aliphatic rings. The molecule has 0 unspecified atom stereocenters. The number of aromatic nitrogens is 5. The highest BCUT2D eigenvalue weighted by Crippen LogP contribution is 2.39. The number of hydrogen-bond donors (Lipinski definition) is 5. The molecule has 10 nitrogen and oxygen atoms in total.